The molecule has 25 heavy (non-hydrogen) atoms. The van der Waals surface area contributed by atoms with Gasteiger partial charge in [-0.05, 0) is 23.5 Å². The zero-order valence-electron chi connectivity index (χ0n) is 14.7. The molecule has 2 aromatic rings. The quantitative estimate of drug-likeness (QED) is 0.767. The molecule has 0 aromatic heterocycles. The highest BCUT2D eigenvalue weighted by molar-refractivity contribution is 7.86. The van der Waals surface area contributed by atoms with Gasteiger partial charge in [0.2, 0.25) is 0 Å². The summed E-state index contributed by atoms with van der Waals surface area (Å²) >= 11 is 0. The third-order valence-corrected chi connectivity index (χ3v) is 5.35. The van der Waals surface area contributed by atoms with Crippen molar-refractivity contribution in [2.45, 2.75) is 25.5 Å². The van der Waals surface area contributed by atoms with E-state index >= 15 is 0 Å². The van der Waals surface area contributed by atoms with E-state index in [2.05, 4.69) is 60.4 Å². The highest BCUT2D eigenvalue weighted by Crippen LogP contribution is 2.33. The molecule has 4 nitrogen and oxygen atoms in total. The Bertz CT molecular complexity index is 738. The van der Waals surface area contributed by atoms with E-state index in [9.17, 15) is 8.42 Å². The molecule has 2 atom stereocenters. The van der Waals surface area contributed by atoms with Gasteiger partial charge in [0.25, 0.3) is 10.1 Å². The van der Waals surface area contributed by atoms with Crippen molar-refractivity contribution in [2.75, 3.05) is 19.3 Å². The van der Waals surface area contributed by atoms with Crippen molar-refractivity contribution in [3.05, 3.63) is 71.8 Å². The van der Waals surface area contributed by atoms with Gasteiger partial charge in [-0.15, -0.1) is 0 Å². The van der Waals surface area contributed by atoms with Crippen LogP contribution in [0.1, 0.15) is 30.5 Å². The average molecular weight is 359 g/mol. The molecular formula is C20H25NO3S. The molecule has 0 bridgehead atoms. The Morgan fingerprint density at radius 2 is 1.52 bits per heavy atom. The van der Waals surface area contributed by atoms with E-state index in [0.29, 0.717) is 6.42 Å². The highest BCUT2D eigenvalue weighted by atomic mass is 32.2. The Morgan fingerprint density at radius 3 is 1.96 bits per heavy atom. The number of piperidine rings is 1. The molecule has 2 unspecified atom stereocenters. The van der Waals surface area contributed by atoms with Crippen LogP contribution in [0.2, 0.25) is 0 Å². The predicted octanol–water partition coefficient (Wildman–Crippen LogP) is 3.46. The van der Waals surface area contributed by atoms with E-state index in [1.54, 1.807) is 0 Å². The molecular weight excluding hydrogens is 334 g/mol. The lowest BCUT2D eigenvalue weighted by molar-refractivity contribution is 0.0437. The second kappa shape index (κ2) is 7.68. The van der Waals surface area contributed by atoms with Gasteiger partial charge in [0.05, 0.1) is 18.4 Å². The van der Waals surface area contributed by atoms with Crippen molar-refractivity contribution in [2.24, 2.45) is 5.92 Å². The Morgan fingerprint density at radius 1 is 1.00 bits per heavy atom. The van der Waals surface area contributed by atoms with Crippen LogP contribution < -0.4 is 0 Å². The van der Waals surface area contributed by atoms with Crippen LogP contribution >= 0.6 is 0 Å². The lowest BCUT2D eigenvalue weighted by Crippen LogP contribution is -2.45. The molecule has 0 saturated carbocycles. The summed E-state index contributed by atoms with van der Waals surface area (Å²) in [6.45, 7) is 3.67. The molecule has 0 radical (unpaired) electrons. The van der Waals surface area contributed by atoms with Crippen LogP contribution in [0.3, 0.4) is 0 Å². The third kappa shape index (κ3) is 4.69. The summed E-state index contributed by atoms with van der Waals surface area (Å²) in [5.74, 6) is 0.151. The number of benzene rings is 2. The first-order chi connectivity index (χ1) is 11.9. The first kappa shape index (κ1) is 18.1. The minimum absolute atomic E-state index is 0.151. The molecule has 1 heterocycles. The van der Waals surface area contributed by atoms with E-state index < -0.39 is 10.1 Å². The molecule has 1 fully saturated rings. The van der Waals surface area contributed by atoms with Crippen LogP contribution in [-0.2, 0) is 14.3 Å². The van der Waals surface area contributed by atoms with Gasteiger partial charge in [-0.3, -0.25) is 9.08 Å². The number of hydrogen-bond donors (Lipinski definition) is 0. The Balaban J connectivity index is 1.84. The molecule has 134 valence electrons. The Kier molecular flexibility index (Phi) is 5.57. The molecule has 1 aliphatic rings. The van der Waals surface area contributed by atoms with E-state index in [4.69, 9.17) is 4.18 Å². The van der Waals surface area contributed by atoms with Crippen molar-refractivity contribution >= 4 is 10.1 Å². The topological polar surface area (TPSA) is 46.6 Å². The maximum atomic E-state index is 11.5. The second-order valence-corrected chi connectivity index (χ2v) is 8.42. The number of rotatable bonds is 5. The molecule has 1 aliphatic heterocycles. The fourth-order valence-electron chi connectivity index (χ4n) is 3.64. The summed E-state index contributed by atoms with van der Waals surface area (Å²) in [4.78, 5) is 2.43. The summed E-state index contributed by atoms with van der Waals surface area (Å²) < 4.78 is 28.2. The molecule has 2 aromatic carbocycles. The van der Waals surface area contributed by atoms with Gasteiger partial charge in [0, 0.05) is 13.1 Å². The lowest BCUT2D eigenvalue weighted by Gasteiger charge is -2.41. The minimum atomic E-state index is -3.42. The van der Waals surface area contributed by atoms with Gasteiger partial charge in [-0.2, -0.15) is 8.42 Å². The SMILES string of the molecule is CC1CN(C(c2ccccc2)c2ccccc2)CCC1OS(C)(=O)=O. The maximum Gasteiger partial charge on any atom is 0.264 e. The van der Waals surface area contributed by atoms with Crippen LogP contribution in [0.15, 0.2) is 60.7 Å². The van der Waals surface area contributed by atoms with E-state index in [1.165, 1.54) is 11.1 Å². The number of likely N-dealkylation sites (tertiary alicyclic amines) is 1. The van der Waals surface area contributed by atoms with Crippen LogP contribution in [0.4, 0.5) is 0 Å². The van der Waals surface area contributed by atoms with E-state index in [0.717, 1.165) is 19.3 Å². The lowest BCUT2D eigenvalue weighted by atomic mass is 9.91. The maximum absolute atomic E-state index is 11.5. The Labute approximate surface area is 150 Å². The van der Waals surface area contributed by atoms with Gasteiger partial charge in [-0.1, -0.05) is 67.6 Å². The number of hydrogen-bond acceptors (Lipinski definition) is 4. The Hall–Kier alpha value is -1.69. The van der Waals surface area contributed by atoms with Gasteiger partial charge in [-0.25, -0.2) is 0 Å². The summed E-state index contributed by atoms with van der Waals surface area (Å²) in [5, 5.41) is 0. The molecule has 5 heteroatoms. The van der Waals surface area contributed by atoms with Crippen LogP contribution in [-0.4, -0.2) is 38.8 Å². The second-order valence-electron chi connectivity index (χ2n) is 6.82. The molecule has 3 rings (SSSR count). The zero-order valence-corrected chi connectivity index (χ0v) is 15.5. The first-order valence-electron chi connectivity index (χ1n) is 8.66. The molecule has 0 aliphatic carbocycles. The standard InChI is InChI=1S/C20H25NO3S/c1-16-15-21(14-13-19(16)24-25(2,22)23)20(17-9-5-3-6-10-17)18-11-7-4-8-12-18/h3-12,16,19-20H,13-15H2,1-2H3. The average Bonchev–Trinajstić information content (AvgIpc) is 2.58. The molecule has 1 saturated heterocycles. The van der Waals surface area contributed by atoms with Gasteiger partial charge < -0.3 is 0 Å². The summed E-state index contributed by atoms with van der Waals surface area (Å²) in [6.07, 6.45) is 1.60. The third-order valence-electron chi connectivity index (χ3n) is 4.75. The van der Waals surface area contributed by atoms with Crippen LogP contribution in [0.25, 0.3) is 0 Å². The summed E-state index contributed by atoms with van der Waals surface area (Å²) in [5.41, 5.74) is 2.51. The first-order valence-corrected chi connectivity index (χ1v) is 10.5. The van der Waals surface area contributed by atoms with Crippen molar-refractivity contribution in [1.29, 1.82) is 0 Å². The summed E-state index contributed by atoms with van der Waals surface area (Å²) in [6, 6.07) is 21.1. The van der Waals surface area contributed by atoms with E-state index in [-0.39, 0.29) is 18.1 Å². The number of nitrogens with zero attached hydrogens (tertiary/aromatic N) is 1. The van der Waals surface area contributed by atoms with E-state index in [1.807, 2.05) is 12.1 Å². The van der Waals surface area contributed by atoms with Crippen LogP contribution in [0, 0.1) is 5.92 Å². The van der Waals surface area contributed by atoms with Crippen molar-refractivity contribution in [1.82, 2.24) is 4.90 Å². The van der Waals surface area contributed by atoms with Crippen molar-refractivity contribution < 1.29 is 12.6 Å². The summed E-state index contributed by atoms with van der Waals surface area (Å²) in [7, 11) is -3.42. The normalized spacial score (nSPS) is 22.2. The smallest absolute Gasteiger partial charge is 0.264 e. The van der Waals surface area contributed by atoms with Gasteiger partial charge in [0.1, 0.15) is 0 Å². The van der Waals surface area contributed by atoms with Gasteiger partial charge in [0.15, 0.2) is 0 Å². The van der Waals surface area contributed by atoms with Crippen LogP contribution in [0.5, 0.6) is 0 Å². The predicted molar refractivity (Wildman–Crippen MR) is 99.8 cm³/mol. The monoisotopic (exact) mass is 359 g/mol. The zero-order chi connectivity index (χ0) is 17.9. The fraction of sp³-hybridized carbons (Fsp3) is 0.400. The minimum Gasteiger partial charge on any atom is -0.292 e. The molecule has 0 spiro atoms. The highest BCUT2D eigenvalue weighted by Gasteiger charge is 2.33. The molecule has 0 amide bonds. The fourth-order valence-corrected chi connectivity index (χ4v) is 4.38. The van der Waals surface area contributed by atoms with Crippen molar-refractivity contribution in [3.8, 4) is 0 Å². The van der Waals surface area contributed by atoms with Crippen molar-refractivity contribution in [3.63, 3.8) is 0 Å². The molecule has 0 N–H and O–H groups in total. The largest absolute Gasteiger partial charge is 0.292 e. The van der Waals surface area contributed by atoms with Gasteiger partial charge >= 0.3 is 0 Å².